The van der Waals surface area contributed by atoms with Crippen molar-refractivity contribution in [2.75, 3.05) is 33.2 Å². The third-order valence-electron chi connectivity index (χ3n) is 3.39. The molecule has 17 heavy (non-hydrogen) atoms. The highest BCUT2D eigenvalue weighted by molar-refractivity contribution is 4.69. The summed E-state index contributed by atoms with van der Waals surface area (Å²) in [6.45, 7) is 3.08. The zero-order valence-electron chi connectivity index (χ0n) is 10.5. The fourth-order valence-electron chi connectivity index (χ4n) is 2.25. The molecule has 1 fully saturated rings. The van der Waals surface area contributed by atoms with Crippen molar-refractivity contribution in [3.05, 3.63) is 0 Å². The van der Waals surface area contributed by atoms with E-state index >= 15 is 0 Å². The molecule has 1 N–H and O–H groups in total. The minimum Gasteiger partial charge on any atom is -0.317 e. The van der Waals surface area contributed by atoms with Crippen molar-refractivity contribution < 1.29 is 13.2 Å². The quantitative estimate of drug-likeness (QED) is 0.782. The van der Waals surface area contributed by atoms with Crippen LogP contribution in [0, 0.1) is 5.92 Å². The van der Waals surface area contributed by atoms with Crippen LogP contribution >= 0.6 is 0 Å². The van der Waals surface area contributed by atoms with Gasteiger partial charge in [-0.05, 0) is 58.3 Å². The predicted molar refractivity (Wildman–Crippen MR) is 63.0 cm³/mol. The smallest absolute Gasteiger partial charge is 0.317 e. The van der Waals surface area contributed by atoms with E-state index in [0.717, 1.165) is 38.4 Å². The lowest BCUT2D eigenvalue weighted by molar-refractivity contribution is -0.137. The number of alkyl halides is 3. The highest BCUT2D eigenvalue weighted by atomic mass is 19.4. The van der Waals surface area contributed by atoms with Crippen molar-refractivity contribution in [3.63, 3.8) is 0 Å². The molecular weight excluding hydrogens is 229 g/mol. The van der Waals surface area contributed by atoms with E-state index in [2.05, 4.69) is 5.32 Å². The molecule has 1 rings (SSSR count). The van der Waals surface area contributed by atoms with E-state index in [-0.39, 0.29) is 6.54 Å². The molecule has 0 aromatic carbocycles. The molecule has 0 saturated carbocycles. The number of rotatable bonds is 6. The van der Waals surface area contributed by atoms with Crippen LogP contribution in [0.1, 0.15) is 32.1 Å². The summed E-state index contributed by atoms with van der Waals surface area (Å²) in [5, 5.41) is 3.32. The molecule has 0 aliphatic carbocycles. The molecule has 0 aromatic heterocycles. The van der Waals surface area contributed by atoms with Crippen LogP contribution in [-0.2, 0) is 0 Å². The average molecular weight is 252 g/mol. The first-order valence-electron chi connectivity index (χ1n) is 6.43. The van der Waals surface area contributed by atoms with E-state index < -0.39 is 12.6 Å². The molecule has 102 valence electrons. The zero-order valence-corrected chi connectivity index (χ0v) is 10.5. The Labute approximate surface area is 102 Å². The van der Waals surface area contributed by atoms with Gasteiger partial charge >= 0.3 is 6.18 Å². The van der Waals surface area contributed by atoms with E-state index in [1.165, 1.54) is 12.8 Å². The Hall–Kier alpha value is -0.290. The molecule has 0 spiro atoms. The molecule has 1 heterocycles. The third kappa shape index (κ3) is 7.60. The van der Waals surface area contributed by atoms with Gasteiger partial charge in [-0.2, -0.15) is 13.2 Å². The summed E-state index contributed by atoms with van der Waals surface area (Å²) in [6.07, 6.45) is -0.129. The lowest BCUT2D eigenvalue weighted by atomic mass is 9.93. The van der Waals surface area contributed by atoms with Gasteiger partial charge in [0.05, 0.1) is 6.42 Å². The standard InChI is InChI=1S/C12H23F3N2/c1-17(10-6-12(13,14)15)9-2-3-11-4-7-16-8-5-11/h11,16H,2-10H2,1H3. The number of hydrogen-bond donors (Lipinski definition) is 1. The number of nitrogens with one attached hydrogen (secondary N) is 1. The van der Waals surface area contributed by atoms with Crippen molar-refractivity contribution in [2.24, 2.45) is 5.92 Å². The van der Waals surface area contributed by atoms with Gasteiger partial charge in [0, 0.05) is 6.54 Å². The molecule has 0 unspecified atom stereocenters. The molecular formula is C12H23F3N2. The molecule has 2 nitrogen and oxygen atoms in total. The van der Waals surface area contributed by atoms with Crippen LogP contribution in [0.3, 0.4) is 0 Å². The molecule has 0 aromatic rings. The zero-order chi connectivity index (χ0) is 12.7. The van der Waals surface area contributed by atoms with Crippen LogP contribution in [0.15, 0.2) is 0 Å². The number of halogens is 3. The van der Waals surface area contributed by atoms with Crippen LogP contribution in [-0.4, -0.2) is 44.3 Å². The molecule has 1 aliphatic rings. The Morgan fingerprint density at radius 1 is 1.18 bits per heavy atom. The molecule has 0 amide bonds. The first kappa shape index (κ1) is 14.8. The van der Waals surface area contributed by atoms with Gasteiger partial charge in [0.25, 0.3) is 0 Å². The Kier molecular flexibility index (Phi) is 6.27. The molecule has 0 atom stereocenters. The summed E-state index contributed by atoms with van der Waals surface area (Å²) in [5.41, 5.74) is 0. The van der Waals surface area contributed by atoms with Gasteiger partial charge in [-0.25, -0.2) is 0 Å². The van der Waals surface area contributed by atoms with E-state index in [1.54, 1.807) is 11.9 Å². The van der Waals surface area contributed by atoms with Gasteiger partial charge < -0.3 is 10.2 Å². The van der Waals surface area contributed by atoms with Crippen molar-refractivity contribution in [2.45, 2.75) is 38.3 Å². The molecule has 1 aliphatic heterocycles. The van der Waals surface area contributed by atoms with Crippen LogP contribution in [0.4, 0.5) is 13.2 Å². The Morgan fingerprint density at radius 3 is 2.41 bits per heavy atom. The minimum atomic E-state index is -4.02. The Morgan fingerprint density at radius 2 is 1.82 bits per heavy atom. The number of nitrogens with zero attached hydrogens (tertiary/aromatic N) is 1. The predicted octanol–water partition coefficient (Wildman–Crippen LogP) is 2.65. The van der Waals surface area contributed by atoms with Gasteiger partial charge in [-0.15, -0.1) is 0 Å². The fourth-order valence-corrected chi connectivity index (χ4v) is 2.25. The van der Waals surface area contributed by atoms with Crippen LogP contribution in [0.25, 0.3) is 0 Å². The van der Waals surface area contributed by atoms with Crippen molar-refractivity contribution in [3.8, 4) is 0 Å². The summed E-state index contributed by atoms with van der Waals surface area (Å²) in [4.78, 5) is 1.79. The number of piperidine rings is 1. The summed E-state index contributed by atoms with van der Waals surface area (Å²) in [6, 6.07) is 0. The normalized spacial score (nSPS) is 18.9. The van der Waals surface area contributed by atoms with E-state index in [9.17, 15) is 13.2 Å². The van der Waals surface area contributed by atoms with Gasteiger partial charge in [0.1, 0.15) is 0 Å². The van der Waals surface area contributed by atoms with E-state index in [1.807, 2.05) is 0 Å². The molecule has 0 radical (unpaired) electrons. The third-order valence-corrected chi connectivity index (χ3v) is 3.39. The highest BCUT2D eigenvalue weighted by Gasteiger charge is 2.26. The topological polar surface area (TPSA) is 15.3 Å². The SMILES string of the molecule is CN(CCCC1CCNCC1)CCC(F)(F)F. The van der Waals surface area contributed by atoms with Gasteiger partial charge in [-0.1, -0.05) is 0 Å². The van der Waals surface area contributed by atoms with E-state index in [0.29, 0.717) is 0 Å². The van der Waals surface area contributed by atoms with Gasteiger partial charge in [0.2, 0.25) is 0 Å². The second kappa shape index (κ2) is 7.21. The summed E-state index contributed by atoms with van der Waals surface area (Å²) >= 11 is 0. The average Bonchev–Trinajstić information content (AvgIpc) is 2.27. The second-order valence-corrected chi connectivity index (χ2v) is 5.00. The lowest BCUT2D eigenvalue weighted by Crippen LogP contribution is -2.29. The fraction of sp³-hybridized carbons (Fsp3) is 1.00. The number of hydrogen-bond acceptors (Lipinski definition) is 2. The van der Waals surface area contributed by atoms with Crippen LogP contribution in [0.5, 0.6) is 0 Å². The van der Waals surface area contributed by atoms with E-state index in [4.69, 9.17) is 0 Å². The Bertz CT molecular complexity index is 200. The maximum absolute atomic E-state index is 12.0. The van der Waals surface area contributed by atoms with Crippen LogP contribution < -0.4 is 5.32 Å². The second-order valence-electron chi connectivity index (χ2n) is 5.00. The molecule has 5 heteroatoms. The monoisotopic (exact) mass is 252 g/mol. The van der Waals surface area contributed by atoms with Crippen molar-refractivity contribution in [1.29, 1.82) is 0 Å². The minimum absolute atomic E-state index is 0.121. The molecule has 0 bridgehead atoms. The summed E-state index contributed by atoms with van der Waals surface area (Å²) in [5.74, 6) is 0.771. The Balaban J connectivity index is 2.01. The first-order chi connectivity index (χ1) is 7.97. The molecule has 1 saturated heterocycles. The van der Waals surface area contributed by atoms with Crippen LogP contribution in [0.2, 0.25) is 0 Å². The first-order valence-corrected chi connectivity index (χ1v) is 6.43. The largest absolute Gasteiger partial charge is 0.390 e. The summed E-state index contributed by atoms with van der Waals surface area (Å²) < 4.78 is 36.0. The maximum Gasteiger partial charge on any atom is 0.390 e. The van der Waals surface area contributed by atoms with Crippen molar-refractivity contribution >= 4 is 0 Å². The van der Waals surface area contributed by atoms with Crippen molar-refractivity contribution in [1.82, 2.24) is 10.2 Å². The highest BCUT2D eigenvalue weighted by Crippen LogP contribution is 2.20. The summed E-state index contributed by atoms with van der Waals surface area (Å²) in [7, 11) is 1.77. The maximum atomic E-state index is 12.0. The lowest BCUT2D eigenvalue weighted by Gasteiger charge is -2.24. The van der Waals surface area contributed by atoms with Gasteiger partial charge in [-0.3, -0.25) is 0 Å². The van der Waals surface area contributed by atoms with Gasteiger partial charge in [0.15, 0.2) is 0 Å².